The van der Waals surface area contributed by atoms with Gasteiger partial charge in [-0.25, -0.2) is 0 Å². The molecule has 2 rings (SSSR count). The van der Waals surface area contributed by atoms with Crippen LogP contribution >= 0.6 is 22.9 Å². The average Bonchev–Trinajstić information content (AvgIpc) is 2.91. The number of hydrogen-bond donors (Lipinski definition) is 1. The van der Waals surface area contributed by atoms with Crippen molar-refractivity contribution < 1.29 is 9.59 Å². The van der Waals surface area contributed by atoms with E-state index in [1.54, 1.807) is 18.2 Å². The third kappa shape index (κ3) is 4.81. The molecule has 4 nitrogen and oxygen atoms in total. The summed E-state index contributed by atoms with van der Waals surface area (Å²) in [6.45, 7) is 1.95. The lowest BCUT2D eigenvalue weighted by Gasteiger charge is -2.18. The van der Waals surface area contributed by atoms with Gasteiger partial charge in [-0.05, 0) is 37.3 Å². The fraction of sp³-hybridized carbons (Fsp3) is 0.294. The summed E-state index contributed by atoms with van der Waals surface area (Å²) in [7, 11) is 3.78. The van der Waals surface area contributed by atoms with Crippen LogP contribution in [0.25, 0.3) is 0 Å². The lowest BCUT2D eigenvalue weighted by molar-refractivity contribution is -0.116. The van der Waals surface area contributed by atoms with E-state index in [0.717, 1.165) is 10.6 Å². The second-order valence-corrected chi connectivity index (χ2v) is 7.16. The van der Waals surface area contributed by atoms with E-state index in [0.29, 0.717) is 15.6 Å². The van der Waals surface area contributed by atoms with Gasteiger partial charge in [0.1, 0.15) is 0 Å². The molecule has 1 aromatic heterocycles. The summed E-state index contributed by atoms with van der Waals surface area (Å²) >= 11 is 7.45. The Bertz CT molecular complexity index is 725. The molecular weight excluding hydrogens is 332 g/mol. The first-order chi connectivity index (χ1) is 10.9. The van der Waals surface area contributed by atoms with Crippen LogP contribution in [0, 0.1) is 6.92 Å². The minimum Gasteiger partial charge on any atom is -0.376 e. The molecule has 0 saturated heterocycles. The smallest absolute Gasteiger partial charge is 0.224 e. The third-order valence-electron chi connectivity index (χ3n) is 3.31. The van der Waals surface area contributed by atoms with Gasteiger partial charge in [0.15, 0.2) is 5.78 Å². The normalized spacial score (nSPS) is 10.4. The van der Waals surface area contributed by atoms with Crippen molar-refractivity contribution in [1.82, 2.24) is 0 Å². The van der Waals surface area contributed by atoms with E-state index in [4.69, 9.17) is 11.6 Å². The summed E-state index contributed by atoms with van der Waals surface area (Å²) in [6, 6.07) is 9.04. The summed E-state index contributed by atoms with van der Waals surface area (Å²) in [5, 5.41) is 3.38. The monoisotopic (exact) mass is 350 g/mol. The fourth-order valence-electron chi connectivity index (χ4n) is 2.15. The number of benzene rings is 1. The highest BCUT2D eigenvalue weighted by Gasteiger charge is 2.13. The number of anilines is 2. The Kier molecular flexibility index (Phi) is 5.80. The number of nitrogens with zero attached hydrogens (tertiary/aromatic N) is 1. The molecule has 0 aliphatic heterocycles. The summed E-state index contributed by atoms with van der Waals surface area (Å²) < 4.78 is 0. The van der Waals surface area contributed by atoms with Crippen LogP contribution in [0.2, 0.25) is 5.02 Å². The molecule has 0 fully saturated rings. The van der Waals surface area contributed by atoms with E-state index in [1.165, 1.54) is 11.3 Å². The molecule has 23 heavy (non-hydrogen) atoms. The predicted octanol–water partition coefficient (Wildman–Crippen LogP) is 4.38. The molecule has 0 atom stereocenters. The second-order valence-electron chi connectivity index (χ2n) is 5.44. The van der Waals surface area contributed by atoms with E-state index in [-0.39, 0.29) is 24.5 Å². The van der Waals surface area contributed by atoms with Crippen molar-refractivity contribution >= 4 is 46.0 Å². The Labute approximate surface area is 145 Å². The van der Waals surface area contributed by atoms with Crippen LogP contribution in [0.4, 0.5) is 11.4 Å². The van der Waals surface area contributed by atoms with Gasteiger partial charge in [0.25, 0.3) is 0 Å². The highest BCUT2D eigenvalue weighted by Crippen LogP contribution is 2.28. The standard InChI is InChI=1S/C17H19ClN2O2S/c1-11-4-8-16(23-11)15(21)7-9-17(22)19-13-10-12(18)5-6-14(13)20(2)3/h4-6,8,10H,7,9H2,1-3H3,(H,19,22). The van der Waals surface area contributed by atoms with Crippen molar-refractivity contribution in [1.29, 1.82) is 0 Å². The van der Waals surface area contributed by atoms with Gasteiger partial charge < -0.3 is 10.2 Å². The number of ketones is 1. The minimum absolute atomic E-state index is 0.00261. The van der Waals surface area contributed by atoms with E-state index in [2.05, 4.69) is 5.32 Å². The quantitative estimate of drug-likeness (QED) is 0.786. The number of aryl methyl sites for hydroxylation is 1. The fourth-order valence-corrected chi connectivity index (χ4v) is 3.15. The van der Waals surface area contributed by atoms with E-state index >= 15 is 0 Å². The molecule has 2 aromatic rings. The maximum absolute atomic E-state index is 12.1. The van der Waals surface area contributed by atoms with Gasteiger partial charge in [0.2, 0.25) is 5.91 Å². The molecule has 6 heteroatoms. The second kappa shape index (κ2) is 7.62. The number of carbonyl (C=O) groups excluding carboxylic acids is 2. The van der Waals surface area contributed by atoms with Crippen LogP contribution in [0.15, 0.2) is 30.3 Å². The van der Waals surface area contributed by atoms with Gasteiger partial charge in [-0.15, -0.1) is 11.3 Å². The van der Waals surface area contributed by atoms with E-state index < -0.39 is 0 Å². The molecule has 1 heterocycles. The maximum atomic E-state index is 12.1. The molecule has 1 aromatic carbocycles. The largest absolute Gasteiger partial charge is 0.376 e. The minimum atomic E-state index is -0.197. The Hall–Kier alpha value is -1.85. The van der Waals surface area contributed by atoms with Crippen LogP contribution < -0.4 is 10.2 Å². The van der Waals surface area contributed by atoms with Gasteiger partial charge >= 0.3 is 0 Å². The first-order valence-corrected chi connectivity index (χ1v) is 8.42. The zero-order valence-electron chi connectivity index (χ0n) is 13.4. The molecule has 0 bridgehead atoms. The van der Waals surface area contributed by atoms with Gasteiger partial charge in [0, 0.05) is 36.8 Å². The number of amides is 1. The molecule has 0 unspecified atom stereocenters. The Morgan fingerprint density at radius 3 is 2.52 bits per heavy atom. The van der Waals surface area contributed by atoms with Crippen molar-refractivity contribution in [3.05, 3.63) is 45.1 Å². The first-order valence-electron chi connectivity index (χ1n) is 7.23. The van der Waals surface area contributed by atoms with Gasteiger partial charge in [0.05, 0.1) is 16.3 Å². The highest BCUT2D eigenvalue weighted by atomic mass is 35.5. The SMILES string of the molecule is Cc1ccc(C(=O)CCC(=O)Nc2cc(Cl)ccc2N(C)C)s1. The number of nitrogens with one attached hydrogen (secondary N) is 1. The Morgan fingerprint density at radius 2 is 1.91 bits per heavy atom. The van der Waals surface area contributed by atoms with Crippen LogP contribution in [0.5, 0.6) is 0 Å². The molecule has 0 radical (unpaired) electrons. The van der Waals surface area contributed by atoms with E-state index in [1.807, 2.05) is 38.1 Å². The Balaban J connectivity index is 1.97. The maximum Gasteiger partial charge on any atom is 0.224 e. The average molecular weight is 351 g/mol. The molecule has 1 amide bonds. The van der Waals surface area contributed by atoms with Gasteiger partial charge in [-0.2, -0.15) is 0 Å². The zero-order chi connectivity index (χ0) is 17.0. The molecule has 0 aliphatic rings. The summed E-state index contributed by atoms with van der Waals surface area (Å²) in [4.78, 5) is 27.8. The van der Waals surface area contributed by atoms with Crippen molar-refractivity contribution in [2.24, 2.45) is 0 Å². The number of Topliss-reactive ketones (excluding diaryl/α,β-unsaturated/α-hetero) is 1. The lowest BCUT2D eigenvalue weighted by Crippen LogP contribution is -2.17. The molecule has 0 spiro atoms. The number of halogens is 1. The Morgan fingerprint density at radius 1 is 1.17 bits per heavy atom. The predicted molar refractivity (Wildman–Crippen MR) is 97.0 cm³/mol. The zero-order valence-corrected chi connectivity index (χ0v) is 14.9. The van der Waals surface area contributed by atoms with Crippen molar-refractivity contribution in [2.75, 3.05) is 24.3 Å². The third-order valence-corrected chi connectivity index (χ3v) is 4.59. The summed E-state index contributed by atoms with van der Waals surface area (Å²) in [5.41, 5.74) is 1.51. The van der Waals surface area contributed by atoms with Crippen LogP contribution in [-0.2, 0) is 4.79 Å². The van der Waals surface area contributed by atoms with Crippen LogP contribution in [0.1, 0.15) is 27.4 Å². The molecule has 1 N–H and O–H groups in total. The highest BCUT2D eigenvalue weighted by molar-refractivity contribution is 7.14. The first kappa shape index (κ1) is 17.5. The molecule has 0 aliphatic carbocycles. The summed E-state index contributed by atoms with van der Waals surface area (Å²) in [5.74, 6) is -0.200. The molecule has 122 valence electrons. The van der Waals surface area contributed by atoms with Crippen molar-refractivity contribution in [3.8, 4) is 0 Å². The van der Waals surface area contributed by atoms with Crippen molar-refractivity contribution in [2.45, 2.75) is 19.8 Å². The van der Waals surface area contributed by atoms with E-state index in [9.17, 15) is 9.59 Å². The number of thiophene rings is 1. The van der Waals surface area contributed by atoms with Crippen LogP contribution in [-0.4, -0.2) is 25.8 Å². The van der Waals surface area contributed by atoms with Gasteiger partial charge in [-0.3, -0.25) is 9.59 Å². The number of carbonyl (C=O) groups is 2. The van der Waals surface area contributed by atoms with Crippen molar-refractivity contribution in [3.63, 3.8) is 0 Å². The van der Waals surface area contributed by atoms with Gasteiger partial charge in [-0.1, -0.05) is 11.6 Å². The molecule has 0 saturated carbocycles. The number of hydrogen-bond acceptors (Lipinski definition) is 4. The number of rotatable bonds is 6. The van der Waals surface area contributed by atoms with Crippen LogP contribution in [0.3, 0.4) is 0 Å². The molecular formula is C17H19ClN2O2S. The topological polar surface area (TPSA) is 49.4 Å². The summed E-state index contributed by atoms with van der Waals surface area (Å²) in [6.07, 6.45) is 0.346. The lowest BCUT2D eigenvalue weighted by atomic mass is 10.1.